The molecule has 1 nitrogen and oxygen atoms in total. The lowest BCUT2D eigenvalue weighted by Gasteiger charge is -2.02. The molecule has 2 aromatic rings. The molecule has 0 fully saturated rings. The molecule has 0 saturated heterocycles. The Bertz CT molecular complexity index is 442. The fourth-order valence-electron chi connectivity index (χ4n) is 1.26. The highest BCUT2D eigenvalue weighted by molar-refractivity contribution is 6.29. The van der Waals surface area contributed by atoms with Gasteiger partial charge in [0.1, 0.15) is 0 Å². The number of nitrogens with zero attached hydrogens (tertiary/aromatic N) is 1. The zero-order valence-electron chi connectivity index (χ0n) is 7.24. The molecule has 0 atom stereocenters. The van der Waals surface area contributed by atoms with E-state index < -0.39 is 5.82 Å². The Morgan fingerprint density at radius 2 is 1.79 bits per heavy atom. The Labute approximate surface area is 86.2 Å². The molecule has 0 amide bonds. The summed E-state index contributed by atoms with van der Waals surface area (Å²) >= 11 is 5.58. The van der Waals surface area contributed by atoms with Gasteiger partial charge in [0.15, 0.2) is 11.0 Å². The van der Waals surface area contributed by atoms with Gasteiger partial charge in [-0.2, -0.15) is 0 Å². The smallest absolute Gasteiger partial charge is 0.168 e. The number of rotatable bonds is 1. The van der Waals surface area contributed by atoms with Crippen LogP contribution in [-0.4, -0.2) is 4.98 Å². The third-order valence-corrected chi connectivity index (χ3v) is 2.19. The maximum atomic E-state index is 13.5. The lowest BCUT2D eigenvalue weighted by atomic mass is 10.1. The molecule has 3 heteroatoms. The van der Waals surface area contributed by atoms with Crippen molar-refractivity contribution < 1.29 is 4.39 Å². The normalized spacial score (nSPS) is 10.1. The van der Waals surface area contributed by atoms with Crippen molar-refractivity contribution >= 4 is 11.6 Å². The quantitative estimate of drug-likeness (QED) is 0.652. The Balaban J connectivity index is 2.58. The minimum atomic E-state index is -0.472. The van der Waals surface area contributed by atoms with Crippen molar-refractivity contribution in [2.75, 3.05) is 0 Å². The minimum absolute atomic E-state index is 0.0913. The highest BCUT2D eigenvalue weighted by atomic mass is 35.5. The summed E-state index contributed by atoms with van der Waals surface area (Å²) in [5.74, 6) is -0.472. The van der Waals surface area contributed by atoms with Crippen LogP contribution >= 0.6 is 11.6 Å². The fourth-order valence-corrected chi connectivity index (χ4v) is 1.42. The molecule has 2 rings (SSSR count). The summed E-state index contributed by atoms with van der Waals surface area (Å²) in [6.07, 6.45) is 1.49. The summed E-state index contributed by atoms with van der Waals surface area (Å²) in [5.41, 5.74) is 1.28. The zero-order valence-corrected chi connectivity index (χ0v) is 8.00. The number of hydrogen-bond acceptors (Lipinski definition) is 1. The fraction of sp³-hybridized carbons (Fsp3) is 0. The highest BCUT2D eigenvalue weighted by Gasteiger charge is 2.08. The van der Waals surface area contributed by atoms with Crippen molar-refractivity contribution in [2.24, 2.45) is 0 Å². The molecule has 0 aliphatic heterocycles. The van der Waals surface area contributed by atoms with Crippen molar-refractivity contribution in [1.82, 2.24) is 4.98 Å². The predicted molar refractivity (Wildman–Crippen MR) is 54.6 cm³/mol. The summed E-state index contributed by atoms with van der Waals surface area (Å²) in [7, 11) is 0. The molecule has 0 saturated carbocycles. The molecule has 0 bridgehead atoms. The Hall–Kier alpha value is -1.41. The van der Waals surface area contributed by atoms with Crippen molar-refractivity contribution in [2.45, 2.75) is 0 Å². The molecular formula is C11H7ClFN. The van der Waals surface area contributed by atoms with Crippen LogP contribution in [-0.2, 0) is 0 Å². The van der Waals surface area contributed by atoms with Gasteiger partial charge in [0.2, 0.25) is 0 Å². The van der Waals surface area contributed by atoms with E-state index in [1.54, 1.807) is 6.07 Å². The lowest BCUT2D eigenvalue weighted by molar-refractivity contribution is 0.625. The van der Waals surface area contributed by atoms with Gasteiger partial charge >= 0.3 is 0 Å². The second-order valence-corrected chi connectivity index (χ2v) is 3.19. The van der Waals surface area contributed by atoms with Crippen molar-refractivity contribution in [3.63, 3.8) is 0 Å². The van der Waals surface area contributed by atoms with Crippen LogP contribution in [0.15, 0.2) is 42.6 Å². The molecule has 1 aromatic carbocycles. The largest absolute Gasteiger partial charge is 0.242 e. The second kappa shape index (κ2) is 3.76. The number of pyridine rings is 1. The van der Waals surface area contributed by atoms with Gasteiger partial charge in [0.05, 0.1) is 0 Å². The van der Waals surface area contributed by atoms with Gasteiger partial charge in [-0.1, -0.05) is 41.9 Å². The molecular weight excluding hydrogens is 201 g/mol. The average molecular weight is 208 g/mol. The predicted octanol–water partition coefficient (Wildman–Crippen LogP) is 3.54. The SMILES string of the molecule is Fc1c(-c2ccccc2)ccnc1Cl. The van der Waals surface area contributed by atoms with E-state index in [0.717, 1.165) is 5.56 Å². The van der Waals surface area contributed by atoms with Crippen LogP contribution in [0.2, 0.25) is 5.15 Å². The van der Waals surface area contributed by atoms with E-state index in [9.17, 15) is 4.39 Å². The van der Waals surface area contributed by atoms with E-state index in [2.05, 4.69) is 4.98 Å². The monoisotopic (exact) mass is 207 g/mol. The molecule has 0 unspecified atom stereocenters. The molecule has 1 heterocycles. The third kappa shape index (κ3) is 1.61. The topological polar surface area (TPSA) is 12.9 Å². The van der Waals surface area contributed by atoms with Gasteiger partial charge in [0, 0.05) is 11.8 Å². The molecule has 0 aliphatic carbocycles. The first-order chi connectivity index (χ1) is 6.79. The highest BCUT2D eigenvalue weighted by Crippen LogP contribution is 2.25. The Kier molecular flexibility index (Phi) is 2.46. The Morgan fingerprint density at radius 3 is 2.50 bits per heavy atom. The van der Waals surface area contributed by atoms with Gasteiger partial charge in [-0.3, -0.25) is 0 Å². The van der Waals surface area contributed by atoms with E-state index in [1.165, 1.54) is 6.20 Å². The zero-order chi connectivity index (χ0) is 9.97. The summed E-state index contributed by atoms with van der Waals surface area (Å²) in [4.78, 5) is 3.66. The van der Waals surface area contributed by atoms with Crippen LogP contribution in [0.3, 0.4) is 0 Å². The van der Waals surface area contributed by atoms with Crippen molar-refractivity contribution in [1.29, 1.82) is 0 Å². The van der Waals surface area contributed by atoms with Gasteiger partial charge in [-0.15, -0.1) is 0 Å². The average Bonchev–Trinajstić information content (AvgIpc) is 2.23. The maximum absolute atomic E-state index is 13.5. The minimum Gasteiger partial charge on any atom is -0.242 e. The number of halogens is 2. The van der Waals surface area contributed by atoms with Crippen LogP contribution in [0.5, 0.6) is 0 Å². The summed E-state index contributed by atoms with van der Waals surface area (Å²) in [5, 5.41) is -0.0913. The van der Waals surface area contributed by atoms with E-state index in [1.807, 2.05) is 30.3 Å². The number of benzene rings is 1. The van der Waals surface area contributed by atoms with Crippen molar-refractivity contribution in [3.8, 4) is 11.1 Å². The first-order valence-corrected chi connectivity index (χ1v) is 4.52. The molecule has 0 aliphatic rings. The van der Waals surface area contributed by atoms with Gasteiger partial charge in [0.25, 0.3) is 0 Å². The van der Waals surface area contributed by atoms with Crippen molar-refractivity contribution in [3.05, 3.63) is 53.6 Å². The molecule has 70 valence electrons. The molecule has 0 N–H and O–H groups in total. The summed E-state index contributed by atoms with van der Waals surface area (Å²) < 4.78 is 13.5. The van der Waals surface area contributed by atoms with Gasteiger partial charge < -0.3 is 0 Å². The van der Waals surface area contributed by atoms with Crippen LogP contribution in [0.1, 0.15) is 0 Å². The Morgan fingerprint density at radius 1 is 1.07 bits per heavy atom. The summed E-state index contributed by atoms with van der Waals surface area (Å²) in [6.45, 7) is 0. The molecule has 0 spiro atoms. The van der Waals surface area contributed by atoms with E-state index in [4.69, 9.17) is 11.6 Å². The van der Waals surface area contributed by atoms with Crippen LogP contribution in [0.4, 0.5) is 4.39 Å². The second-order valence-electron chi connectivity index (χ2n) is 2.83. The molecule has 14 heavy (non-hydrogen) atoms. The van der Waals surface area contributed by atoms with Crippen LogP contribution < -0.4 is 0 Å². The van der Waals surface area contributed by atoms with Crippen LogP contribution in [0.25, 0.3) is 11.1 Å². The van der Waals surface area contributed by atoms with Gasteiger partial charge in [-0.05, 0) is 11.6 Å². The van der Waals surface area contributed by atoms with Gasteiger partial charge in [-0.25, -0.2) is 9.37 Å². The van der Waals surface area contributed by atoms with E-state index >= 15 is 0 Å². The standard InChI is InChI=1S/C11H7ClFN/c12-11-10(13)9(6-7-14-11)8-4-2-1-3-5-8/h1-7H. The third-order valence-electron chi connectivity index (χ3n) is 1.93. The van der Waals surface area contributed by atoms with E-state index in [0.29, 0.717) is 5.56 Å². The first-order valence-electron chi connectivity index (χ1n) is 4.14. The number of hydrogen-bond donors (Lipinski definition) is 0. The van der Waals surface area contributed by atoms with E-state index in [-0.39, 0.29) is 5.15 Å². The molecule has 0 radical (unpaired) electrons. The first kappa shape index (κ1) is 9.16. The molecule has 1 aromatic heterocycles. The number of aromatic nitrogens is 1. The lowest BCUT2D eigenvalue weighted by Crippen LogP contribution is -1.87. The summed E-state index contributed by atoms with van der Waals surface area (Å²) in [6, 6.07) is 10.8. The maximum Gasteiger partial charge on any atom is 0.168 e. The van der Waals surface area contributed by atoms with Crippen LogP contribution in [0, 0.1) is 5.82 Å².